The predicted octanol–water partition coefficient (Wildman–Crippen LogP) is 13.5. The Bertz CT molecular complexity index is 1470. The van der Waals surface area contributed by atoms with E-state index in [1.165, 1.54) is 115 Å². The highest BCUT2D eigenvalue weighted by Gasteiger charge is 2.14. The molecule has 46 heavy (non-hydrogen) atoms. The quantitative estimate of drug-likeness (QED) is 0.0639. The molecular formula is C42H58O4. The summed E-state index contributed by atoms with van der Waals surface area (Å²) < 4.78 is 24.6. The Hall–Kier alpha value is -2.98. The molecule has 4 nitrogen and oxygen atoms in total. The Morgan fingerprint density at radius 1 is 0.435 bits per heavy atom. The van der Waals surface area contributed by atoms with E-state index in [0.29, 0.717) is 0 Å². The monoisotopic (exact) mass is 626 g/mol. The lowest BCUT2D eigenvalue weighted by Crippen LogP contribution is -1.97. The van der Waals surface area contributed by atoms with E-state index in [4.69, 9.17) is 18.3 Å². The van der Waals surface area contributed by atoms with Gasteiger partial charge in [0.1, 0.15) is 28.1 Å². The van der Waals surface area contributed by atoms with Gasteiger partial charge in [0, 0.05) is 40.8 Å². The highest BCUT2D eigenvalue weighted by molar-refractivity contribution is 6.14. The molecule has 250 valence electrons. The van der Waals surface area contributed by atoms with Crippen LogP contribution in [0.3, 0.4) is 0 Å². The number of hydrogen-bond acceptors (Lipinski definition) is 4. The lowest BCUT2D eigenvalue weighted by molar-refractivity contribution is 0.126. The molecule has 0 saturated carbocycles. The van der Waals surface area contributed by atoms with Gasteiger partial charge in [-0.3, -0.25) is 0 Å². The first-order valence-corrected chi connectivity index (χ1v) is 18.8. The molecule has 0 radical (unpaired) electrons. The molecule has 0 aliphatic carbocycles. The van der Waals surface area contributed by atoms with E-state index in [-0.39, 0.29) is 0 Å². The summed E-state index contributed by atoms with van der Waals surface area (Å²) in [5.74, 6) is 0.885. The summed E-state index contributed by atoms with van der Waals surface area (Å²) in [4.78, 5) is 0. The van der Waals surface area contributed by atoms with Gasteiger partial charge in [-0.05, 0) is 68.0 Å². The van der Waals surface area contributed by atoms with Crippen molar-refractivity contribution in [1.82, 2.24) is 0 Å². The molecule has 0 saturated heterocycles. The highest BCUT2D eigenvalue weighted by Crippen LogP contribution is 2.38. The third kappa shape index (κ3) is 10.0. The summed E-state index contributed by atoms with van der Waals surface area (Å²) in [6.07, 6.45) is 24.4. The minimum Gasteiger partial charge on any atom is -0.493 e. The molecule has 0 aliphatic heterocycles. The Morgan fingerprint density at radius 3 is 1.54 bits per heavy atom. The van der Waals surface area contributed by atoms with Crippen LogP contribution in [0.5, 0.6) is 5.75 Å². The van der Waals surface area contributed by atoms with Crippen LogP contribution in [-0.4, -0.2) is 19.8 Å². The number of fused-ring (bicyclic) bond motifs is 6. The second kappa shape index (κ2) is 19.0. The van der Waals surface area contributed by atoms with E-state index in [9.17, 15) is 0 Å². The van der Waals surface area contributed by atoms with Crippen LogP contribution in [0.2, 0.25) is 0 Å². The van der Waals surface area contributed by atoms with E-state index in [1.54, 1.807) is 0 Å². The maximum Gasteiger partial charge on any atom is 0.139 e. The maximum absolute atomic E-state index is 6.39. The molecule has 0 N–H and O–H groups in total. The summed E-state index contributed by atoms with van der Waals surface area (Å²) in [6.45, 7) is 7.12. The summed E-state index contributed by atoms with van der Waals surface area (Å²) in [5.41, 5.74) is 4.99. The largest absolute Gasteiger partial charge is 0.493 e. The van der Waals surface area contributed by atoms with E-state index >= 15 is 0 Å². The molecule has 0 fully saturated rings. The SMILES string of the molecule is CCCCCCCCCCCCOc1ccc2c(c1)oc1cc3c(cc12)oc1cc(CCCCCCOCCCCCC)ccc13. The number of unbranched alkanes of at least 4 members (excludes halogenated alkanes) is 15. The Kier molecular flexibility index (Phi) is 14.2. The molecule has 5 rings (SSSR count). The van der Waals surface area contributed by atoms with Gasteiger partial charge >= 0.3 is 0 Å². The number of aryl methyl sites for hydroxylation is 1. The van der Waals surface area contributed by atoms with Gasteiger partial charge < -0.3 is 18.3 Å². The summed E-state index contributed by atoms with van der Waals surface area (Å²) in [7, 11) is 0. The molecule has 2 aromatic heterocycles. The zero-order chi connectivity index (χ0) is 31.8. The van der Waals surface area contributed by atoms with Crippen molar-refractivity contribution < 1.29 is 18.3 Å². The zero-order valence-corrected chi connectivity index (χ0v) is 28.8. The molecule has 5 aromatic rings. The van der Waals surface area contributed by atoms with Crippen LogP contribution < -0.4 is 4.74 Å². The molecule has 0 atom stereocenters. The average molecular weight is 627 g/mol. The van der Waals surface area contributed by atoms with Crippen LogP contribution in [0, 0.1) is 0 Å². The van der Waals surface area contributed by atoms with Gasteiger partial charge in [-0.2, -0.15) is 0 Å². The third-order valence-electron chi connectivity index (χ3n) is 9.51. The Balaban J connectivity index is 1.08. The van der Waals surface area contributed by atoms with Gasteiger partial charge in [-0.25, -0.2) is 0 Å². The summed E-state index contributed by atoms with van der Waals surface area (Å²) in [6, 6.07) is 17.2. The fraction of sp³-hybridized carbons (Fsp3) is 0.571. The van der Waals surface area contributed by atoms with E-state index in [1.807, 2.05) is 6.07 Å². The van der Waals surface area contributed by atoms with Crippen molar-refractivity contribution in [1.29, 1.82) is 0 Å². The zero-order valence-electron chi connectivity index (χ0n) is 28.8. The van der Waals surface area contributed by atoms with Gasteiger partial charge in [0.25, 0.3) is 0 Å². The molecule has 0 bridgehead atoms. The fourth-order valence-electron chi connectivity index (χ4n) is 6.71. The third-order valence-corrected chi connectivity index (χ3v) is 9.51. The molecule has 0 amide bonds. The van der Waals surface area contributed by atoms with Crippen molar-refractivity contribution in [2.24, 2.45) is 0 Å². The standard InChI is InChI=1S/C42H58O4/c1-3-5-7-9-10-11-12-13-15-20-28-44-34-23-25-36-38-32-41-37(31-42(38)46-40(36)30-34)35-24-22-33(29-39(35)45-41)21-17-14-16-19-27-43-26-18-8-6-4-2/h22-25,29-32H,3-21,26-28H2,1-2H3. The molecule has 0 spiro atoms. The number of furan rings is 2. The molecule has 4 heteroatoms. The van der Waals surface area contributed by atoms with Crippen LogP contribution in [0.1, 0.15) is 135 Å². The number of benzene rings is 3. The number of ether oxygens (including phenoxy) is 2. The number of hydrogen-bond donors (Lipinski definition) is 0. The lowest BCUT2D eigenvalue weighted by Gasteiger charge is -2.06. The van der Waals surface area contributed by atoms with Crippen LogP contribution in [-0.2, 0) is 11.2 Å². The Labute approximate surface area is 277 Å². The van der Waals surface area contributed by atoms with E-state index in [0.717, 1.165) is 82.3 Å². The molecular weight excluding hydrogens is 568 g/mol. The second-order valence-electron chi connectivity index (χ2n) is 13.4. The normalized spacial score (nSPS) is 12.0. The van der Waals surface area contributed by atoms with Crippen molar-refractivity contribution in [2.75, 3.05) is 19.8 Å². The van der Waals surface area contributed by atoms with E-state index in [2.05, 4.69) is 56.3 Å². The van der Waals surface area contributed by atoms with Crippen molar-refractivity contribution in [3.8, 4) is 5.75 Å². The molecule has 0 unspecified atom stereocenters. The van der Waals surface area contributed by atoms with Crippen LogP contribution in [0.4, 0.5) is 0 Å². The number of rotatable bonds is 24. The van der Waals surface area contributed by atoms with Crippen LogP contribution >= 0.6 is 0 Å². The van der Waals surface area contributed by atoms with Gasteiger partial charge in [0.05, 0.1) is 6.61 Å². The predicted molar refractivity (Wildman–Crippen MR) is 195 cm³/mol. The van der Waals surface area contributed by atoms with Crippen molar-refractivity contribution in [3.63, 3.8) is 0 Å². The van der Waals surface area contributed by atoms with Gasteiger partial charge in [-0.15, -0.1) is 0 Å². The summed E-state index contributed by atoms with van der Waals surface area (Å²) in [5, 5.41) is 4.46. The van der Waals surface area contributed by atoms with Crippen molar-refractivity contribution >= 4 is 43.9 Å². The van der Waals surface area contributed by atoms with Gasteiger partial charge in [0.15, 0.2) is 0 Å². The average Bonchev–Trinajstić information content (AvgIpc) is 3.61. The minimum absolute atomic E-state index is 0.761. The first-order valence-electron chi connectivity index (χ1n) is 18.8. The summed E-state index contributed by atoms with van der Waals surface area (Å²) >= 11 is 0. The molecule has 2 heterocycles. The lowest BCUT2D eigenvalue weighted by atomic mass is 10.0. The Morgan fingerprint density at radius 2 is 0.913 bits per heavy atom. The van der Waals surface area contributed by atoms with Crippen LogP contribution in [0.15, 0.2) is 57.4 Å². The van der Waals surface area contributed by atoms with Crippen molar-refractivity contribution in [2.45, 2.75) is 136 Å². The topological polar surface area (TPSA) is 44.7 Å². The fourth-order valence-corrected chi connectivity index (χ4v) is 6.71. The second-order valence-corrected chi connectivity index (χ2v) is 13.4. The first-order chi connectivity index (χ1) is 22.8. The smallest absolute Gasteiger partial charge is 0.139 e. The van der Waals surface area contributed by atoms with Crippen LogP contribution in [0.25, 0.3) is 43.9 Å². The van der Waals surface area contributed by atoms with Gasteiger partial charge in [0.2, 0.25) is 0 Å². The highest BCUT2D eigenvalue weighted by atomic mass is 16.5. The first kappa shape index (κ1) is 34.4. The van der Waals surface area contributed by atoms with Crippen molar-refractivity contribution in [3.05, 3.63) is 54.1 Å². The van der Waals surface area contributed by atoms with Gasteiger partial charge in [-0.1, -0.05) is 116 Å². The molecule has 3 aromatic carbocycles. The van der Waals surface area contributed by atoms with E-state index < -0.39 is 0 Å². The minimum atomic E-state index is 0.761. The molecule has 0 aliphatic rings. The maximum atomic E-state index is 6.39.